The molecule has 5 nitrogen and oxygen atoms in total. The Morgan fingerprint density at radius 2 is 1.92 bits per heavy atom. The summed E-state index contributed by atoms with van der Waals surface area (Å²) in [6, 6.07) is 17.2. The molecule has 1 aromatic heterocycles. The standard InChI is InChI=1S/C19H18N4O/c20-12-14-4-6-15(7-5-14)13-23-19(24)22-10-8-16-2-1-3-18-17(16)9-11-21-18/h1-7,9,11,21H,8,10,13H2,(H2,22,23,24). The second-order valence-electron chi connectivity index (χ2n) is 5.52. The Morgan fingerprint density at radius 3 is 2.71 bits per heavy atom. The van der Waals surface area contributed by atoms with Crippen LogP contribution in [0.5, 0.6) is 0 Å². The van der Waals surface area contributed by atoms with Crippen molar-refractivity contribution >= 4 is 16.9 Å². The van der Waals surface area contributed by atoms with Crippen LogP contribution in [0.15, 0.2) is 54.7 Å². The molecule has 24 heavy (non-hydrogen) atoms. The lowest BCUT2D eigenvalue weighted by atomic mass is 10.1. The Balaban J connectivity index is 1.45. The summed E-state index contributed by atoms with van der Waals surface area (Å²) in [7, 11) is 0. The molecule has 0 fully saturated rings. The number of aromatic nitrogens is 1. The van der Waals surface area contributed by atoms with Gasteiger partial charge in [-0.15, -0.1) is 0 Å². The molecule has 3 rings (SSSR count). The molecule has 3 N–H and O–H groups in total. The highest BCUT2D eigenvalue weighted by Crippen LogP contribution is 2.17. The highest BCUT2D eigenvalue weighted by molar-refractivity contribution is 5.83. The average Bonchev–Trinajstić information content (AvgIpc) is 3.10. The van der Waals surface area contributed by atoms with Crippen molar-refractivity contribution in [1.29, 1.82) is 5.26 Å². The number of carbonyl (C=O) groups excluding carboxylic acids is 1. The first-order valence-corrected chi connectivity index (χ1v) is 7.82. The van der Waals surface area contributed by atoms with Crippen LogP contribution in [0.3, 0.4) is 0 Å². The third kappa shape index (κ3) is 3.73. The van der Waals surface area contributed by atoms with Gasteiger partial charge in [-0.05, 0) is 41.8 Å². The molecule has 120 valence electrons. The second-order valence-corrected chi connectivity index (χ2v) is 5.52. The van der Waals surface area contributed by atoms with E-state index in [4.69, 9.17) is 5.26 Å². The molecule has 3 aromatic rings. The number of urea groups is 1. The number of carbonyl (C=O) groups is 1. The Labute approximate surface area is 140 Å². The molecule has 0 radical (unpaired) electrons. The summed E-state index contributed by atoms with van der Waals surface area (Å²) in [4.78, 5) is 15.0. The Bertz CT molecular complexity index is 874. The van der Waals surface area contributed by atoms with Crippen LogP contribution in [-0.4, -0.2) is 17.6 Å². The van der Waals surface area contributed by atoms with Gasteiger partial charge in [-0.1, -0.05) is 24.3 Å². The summed E-state index contributed by atoms with van der Waals surface area (Å²) in [6.07, 6.45) is 2.70. The van der Waals surface area contributed by atoms with Crippen molar-refractivity contribution in [2.75, 3.05) is 6.54 Å². The lowest BCUT2D eigenvalue weighted by Gasteiger charge is -2.08. The molecule has 2 aromatic carbocycles. The fourth-order valence-corrected chi connectivity index (χ4v) is 2.62. The van der Waals surface area contributed by atoms with E-state index >= 15 is 0 Å². The first-order chi connectivity index (χ1) is 11.8. The van der Waals surface area contributed by atoms with Crippen molar-refractivity contribution < 1.29 is 4.79 Å². The number of amides is 2. The quantitative estimate of drug-likeness (QED) is 0.676. The number of aromatic amines is 1. The van der Waals surface area contributed by atoms with Gasteiger partial charge in [0.25, 0.3) is 0 Å². The SMILES string of the molecule is N#Cc1ccc(CNC(=O)NCCc2cccc3[nH]ccc23)cc1. The van der Waals surface area contributed by atoms with Gasteiger partial charge in [-0.2, -0.15) is 5.26 Å². The van der Waals surface area contributed by atoms with Crippen LogP contribution >= 0.6 is 0 Å². The van der Waals surface area contributed by atoms with Gasteiger partial charge in [-0.3, -0.25) is 0 Å². The Kier molecular flexibility index (Phi) is 4.78. The van der Waals surface area contributed by atoms with Crippen LogP contribution < -0.4 is 10.6 Å². The van der Waals surface area contributed by atoms with Crippen molar-refractivity contribution in [2.45, 2.75) is 13.0 Å². The zero-order chi connectivity index (χ0) is 16.8. The maximum atomic E-state index is 11.9. The molecule has 0 atom stereocenters. The average molecular weight is 318 g/mol. The lowest BCUT2D eigenvalue weighted by molar-refractivity contribution is 0.240. The Morgan fingerprint density at radius 1 is 1.08 bits per heavy atom. The summed E-state index contributed by atoms with van der Waals surface area (Å²) in [5.74, 6) is 0. The van der Waals surface area contributed by atoms with Crippen molar-refractivity contribution in [1.82, 2.24) is 15.6 Å². The van der Waals surface area contributed by atoms with Crippen LogP contribution in [-0.2, 0) is 13.0 Å². The van der Waals surface area contributed by atoms with Crippen LogP contribution in [0.1, 0.15) is 16.7 Å². The minimum atomic E-state index is -0.194. The molecule has 1 heterocycles. The van der Waals surface area contributed by atoms with Gasteiger partial charge in [0.15, 0.2) is 0 Å². The highest BCUT2D eigenvalue weighted by Gasteiger charge is 2.04. The Hall–Kier alpha value is -3.26. The van der Waals surface area contributed by atoms with Crippen LogP contribution in [0.2, 0.25) is 0 Å². The number of nitrogens with one attached hydrogen (secondary N) is 3. The predicted octanol–water partition coefficient (Wildman–Crippen LogP) is 3.08. The third-order valence-electron chi connectivity index (χ3n) is 3.90. The number of hydrogen-bond acceptors (Lipinski definition) is 2. The monoisotopic (exact) mass is 318 g/mol. The van der Waals surface area contributed by atoms with Gasteiger partial charge in [0, 0.05) is 30.2 Å². The minimum Gasteiger partial charge on any atom is -0.361 e. The molecule has 0 bridgehead atoms. The fourth-order valence-electron chi connectivity index (χ4n) is 2.62. The van der Waals surface area contributed by atoms with Gasteiger partial charge < -0.3 is 15.6 Å². The van der Waals surface area contributed by atoms with Crippen molar-refractivity contribution in [3.05, 3.63) is 71.4 Å². The number of H-pyrrole nitrogens is 1. The maximum Gasteiger partial charge on any atom is 0.315 e. The molecule has 0 aliphatic rings. The summed E-state index contributed by atoms with van der Waals surface area (Å²) in [5, 5.41) is 15.6. The molecule has 0 unspecified atom stereocenters. The first kappa shape index (κ1) is 15.6. The predicted molar refractivity (Wildman–Crippen MR) is 93.4 cm³/mol. The number of rotatable bonds is 5. The molecule has 0 saturated carbocycles. The normalized spacial score (nSPS) is 10.3. The van der Waals surface area contributed by atoms with Crippen molar-refractivity contribution in [2.24, 2.45) is 0 Å². The number of nitriles is 1. The van der Waals surface area contributed by atoms with E-state index in [0.29, 0.717) is 18.7 Å². The number of hydrogen-bond donors (Lipinski definition) is 3. The summed E-state index contributed by atoms with van der Waals surface area (Å²) < 4.78 is 0. The first-order valence-electron chi connectivity index (χ1n) is 7.82. The van der Waals surface area contributed by atoms with Gasteiger partial charge in [0.2, 0.25) is 0 Å². The lowest BCUT2D eigenvalue weighted by Crippen LogP contribution is -2.36. The molecule has 2 amide bonds. The van der Waals surface area contributed by atoms with Gasteiger partial charge >= 0.3 is 6.03 Å². The summed E-state index contributed by atoms with van der Waals surface area (Å²) >= 11 is 0. The summed E-state index contributed by atoms with van der Waals surface area (Å²) in [5.41, 5.74) is 3.89. The van der Waals surface area contributed by atoms with Crippen LogP contribution in [0.25, 0.3) is 10.9 Å². The molecule has 0 aliphatic carbocycles. The van der Waals surface area contributed by atoms with E-state index in [1.165, 1.54) is 10.9 Å². The van der Waals surface area contributed by atoms with E-state index in [0.717, 1.165) is 17.5 Å². The molecule has 0 spiro atoms. The number of benzene rings is 2. The van der Waals surface area contributed by atoms with Crippen LogP contribution in [0, 0.1) is 11.3 Å². The van der Waals surface area contributed by atoms with Crippen molar-refractivity contribution in [3.63, 3.8) is 0 Å². The highest BCUT2D eigenvalue weighted by atomic mass is 16.2. The summed E-state index contributed by atoms with van der Waals surface area (Å²) in [6.45, 7) is 1.01. The smallest absolute Gasteiger partial charge is 0.315 e. The molecule has 0 saturated heterocycles. The van der Waals surface area contributed by atoms with Crippen molar-refractivity contribution in [3.8, 4) is 6.07 Å². The van der Waals surface area contributed by atoms with E-state index in [-0.39, 0.29) is 6.03 Å². The number of fused-ring (bicyclic) bond motifs is 1. The third-order valence-corrected chi connectivity index (χ3v) is 3.90. The zero-order valence-corrected chi connectivity index (χ0v) is 13.2. The topological polar surface area (TPSA) is 80.7 Å². The van der Waals surface area contributed by atoms with Crippen LogP contribution in [0.4, 0.5) is 4.79 Å². The van der Waals surface area contributed by atoms with E-state index in [2.05, 4.69) is 33.8 Å². The zero-order valence-electron chi connectivity index (χ0n) is 13.2. The molecule has 5 heteroatoms. The molecular formula is C19H18N4O. The number of nitrogens with zero attached hydrogens (tertiary/aromatic N) is 1. The fraction of sp³-hybridized carbons (Fsp3) is 0.158. The second kappa shape index (κ2) is 7.34. The minimum absolute atomic E-state index is 0.194. The van der Waals surface area contributed by atoms with Gasteiger partial charge in [0.05, 0.1) is 11.6 Å². The van der Waals surface area contributed by atoms with E-state index in [1.54, 1.807) is 12.1 Å². The van der Waals surface area contributed by atoms with Gasteiger partial charge in [0.1, 0.15) is 0 Å². The van der Waals surface area contributed by atoms with E-state index in [9.17, 15) is 4.79 Å². The largest absolute Gasteiger partial charge is 0.361 e. The molecule has 0 aliphatic heterocycles. The maximum absolute atomic E-state index is 11.9. The molecular weight excluding hydrogens is 300 g/mol. The van der Waals surface area contributed by atoms with E-state index in [1.807, 2.05) is 30.5 Å². The van der Waals surface area contributed by atoms with Gasteiger partial charge in [-0.25, -0.2) is 4.79 Å². The van der Waals surface area contributed by atoms with E-state index < -0.39 is 0 Å².